The van der Waals surface area contributed by atoms with E-state index in [-0.39, 0.29) is 28.3 Å². The Morgan fingerprint density at radius 3 is 2.80 bits per heavy atom. The molecule has 0 saturated carbocycles. The number of benzene rings is 1. The Kier molecular flexibility index (Phi) is 4.41. The molecule has 1 aromatic heterocycles. The smallest absolute Gasteiger partial charge is 0.258 e. The highest BCUT2D eigenvalue weighted by Gasteiger charge is 2.11. The van der Waals surface area contributed by atoms with E-state index in [1.807, 2.05) is 0 Å². The summed E-state index contributed by atoms with van der Waals surface area (Å²) in [6, 6.07) is 5.84. The molecule has 0 saturated heterocycles. The number of nitrogens with zero attached hydrogens (tertiary/aromatic N) is 2. The standard InChI is InChI=1S/C12H9BrClN3O3/c1-20-10-5-9(14)15-12(16-10)17-11(19)6-2-3-7(13)8(18)4-6/h2-5,18H,1H3,(H,15,16,17,19). The SMILES string of the molecule is COc1cc(Cl)nc(NC(=O)c2ccc(Br)c(O)c2)n1. The van der Waals surface area contributed by atoms with Gasteiger partial charge in [-0.3, -0.25) is 10.1 Å². The summed E-state index contributed by atoms with van der Waals surface area (Å²) >= 11 is 8.91. The van der Waals surface area contributed by atoms with E-state index in [1.54, 1.807) is 12.1 Å². The van der Waals surface area contributed by atoms with Gasteiger partial charge in [-0.1, -0.05) is 11.6 Å². The van der Waals surface area contributed by atoms with E-state index in [4.69, 9.17) is 16.3 Å². The summed E-state index contributed by atoms with van der Waals surface area (Å²) in [6.07, 6.45) is 0. The number of aromatic nitrogens is 2. The number of rotatable bonds is 3. The molecule has 2 aromatic rings. The molecule has 0 radical (unpaired) electrons. The van der Waals surface area contributed by atoms with Gasteiger partial charge in [-0.2, -0.15) is 4.98 Å². The maximum absolute atomic E-state index is 12.0. The molecule has 6 nitrogen and oxygen atoms in total. The first-order chi connectivity index (χ1) is 9.49. The lowest BCUT2D eigenvalue weighted by Crippen LogP contribution is -2.14. The lowest BCUT2D eigenvalue weighted by atomic mass is 10.2. The van der Waals surface area contributed by atoms with Crippen molar-refractivity contribution >= 4 is 39.4 Å². The van der Waals surface area contributed by atoms with Crippen LogP contribution in [0.1, 0.15) is 10.4 Å². The second kappa shape index (κ2) is 6.06. The molecule has 0 aliphatic heterocycles. The topological polar surface area (TPSA) is 84.3 Å². The van der Waals surface area contributed by atoms with Gasteiger partial charge in [0.1, 0.15) is 10.9 Å². The normalized spacial score (nSPS) is 10.2. The molecule has 8 heteroatoms. The quantitative estimate of drug-likeness (QED) is 0.824. The highest BCUT2D eigenvalue weighted by atomic mass is 79.9. The number of anilines is 1. The van der Waals surface area contributed by atoms with Gasteiger partial charge in [0, 0.05) is 11.6 Å². The monoisotopic (exact) mass is 357 g/mol. The van der Waals surface area contributed by atoms with Crippen molar-refractivity contribution in [2.75, 3.05) is 12.4 Å². The van der Waals surface area contributed by atoms with Gasteiger partial charge in [0.2, 0.25) is 11.8 Å². The highest BCUT2D eigenvalue weighted by Crippen LogP contribution is 2.24. The van der Waals surface area contributed by atoms with Gasteiger partial charge < -0.3 is 9.84 Å². The Balaban J connectivity index is 2.23. The molecule has 2 N–H and O–H groups in total. The third-order valence-corrected chi connectivity index (χ3v) is 3.18. The zero-order valence-electron chi connectivity index (χ0n) is 10.2. The number of halogens is 2. The van der Waals surface area contributed by atoms with Crippen LogP contribution in [0, 0.1) is 0 Å². The van der Waals surface area contributed by atoms with E-state index in [9.17, 15) is 9.90 Å². The van der Waals surface area contributed by atoms with E-state index in [2.05, 4.69) is 31.2 Å². The first kappa shape index (κ1) is 14.5. The minimum atomic E-state index is -0.475. The molecular formula is C12H9BrClN3O3. The Morgan fingerprint density at radius 1 is 1.40 bits per heavy atom. The number of carbonyl (C=O) groups excluding carboxylic acids is 1. The molecule has 0 bridgehead atoms. The van der Waals surface area contributed by atoms with Crippen LogP contribution in [-0.2, 0) is 0 Å². The second-order valence-corrected chi connectivity index (χ2v) is 4.92. The van der Waals surface area contributed by atoms with E-state index >= 15 is 0 Å². The number of ether oxygens (including phenoxy) is 1. The lowest BCUT2D eigenvalue weighted by molar-refractivity contribution is 0.102. The molecule has 20 heavy (non-hydrogen) atoms. The fraction of sp³-hybridized carbons (Fsp3) is 0.0833. The van der Waals surface area contributed by atoms with E-state index in [0.29, 0.717) is 4.47 Å². The van der Waals surface area contributed by atoms with E-state index in [1.165, 1.54) is 19.2 Å². The molecule has 0 atom stereocenters. The molecule has 0 aliphatic rings. The lowest BCUT2D eigenvalue weighted by Gasteiger charge is -2.06. The number of phenols is 1. The number of methoxy groups -OCH3 is 1. The number of phenolic OH excluding ortho intramolecular Hbond substituents is 1. The van der Waals surface area contributed by atoms with E-state index < -0.39 is 5.91 Å². The van der Waals surface area contributed by atoms with Crippen molar-refractivity contribution in [1.82, 2.24) is 9.97 Å². The van der Waals surface area contributed by atoms with E-state index in [0.717, 1.165) is 0 Å². The van der Waals surface area contributed by atoms with Gasteiger partial charge >= 0.3 is 0 Å². The zero-order valence-corrected chi connectivity index (χ0v) is 12.6. The summed E-state index contributed by atoms with van der Waals surface area (Å²) in [5.74, 6) is -0.264. The molecule has 1 heterocycles. The second-order valence-electron chi connectivity index (χ2n) is 3.68. The molecule has 1 aromatic carbocycles. The van der Waals surface area contributed by atoms with Crippen LogP contribution >= 0.6 is 27.5 Å². The number of aromatic hydroxyl groups is 1. The van der Waals surface area contributed by atoms with Crippen LogP contribution in [0.2, 0.25) is 5.15 Å². The Hall–Kier alpha value is -1.86. The fourth-order valence-corrected chi connectivity index (χ4v) is 1.81. The van der Waals surface area contributed by atoms with Gasteiger partial charge in [-0.25, -0.2) is 4.98 Å². The summed E-state index contributed by atoms with van der Waals surface area (Å²) in [4.78, 5) is 19.8. The third-order valence-electron chi connectivity index (χ3n) is 2.31. The minimum Gasteiger partial charge on any atom is -0.507 e. The third kappa shape index (κ3) is 3.37. The Bertz CT molecular complexity index is 666. The van der Waals surface area contributed by atoms with Crippen molar-refractivity contribution in [2.45, 2.75) is 0 Å². The molecule has 0 aliphatic carbocycles. The van der Waals surface area contributed by atoms with Crippen molar-refractivity contribution in [1.29, 1.82) is 0 Å². The highest BCUT2D eigenvalue weighted by molar-refractivity contribution is 9.10. The van der Waals surface area contributed by atoms with Gasteiger partial charge in [0.05, 0.1) is 11.6 Å². The summed E-state index contributed by atoms with van der Waals surface area (Å²) in [7, 11) is 1.43. The molecule has 0 fully saturated rings. The number of amides is 1. The number of hydrogen-bond acceptors (Lipinski definition) is 5. The first-order valence-electron chi connectivity index (χ1n) is 5.38. The summed E-state index contributed by atoms with van der Waals surface area (Å²) in [5, 5.41) is 12.2. The van der Waals surface area contributed by atoms with Crippen LogP contribution in [0.3, 0.4) is 0 Å². The molecule has 1 amide bonds. The van der Waals surface area contributed by atoms with Gasteiger partial charge in [0.25, 0.3) is 5.91 Å². The van der Waals surface area contributed by atoms with Crippen LogP contribution in [-0.4, -0.2) is 28.1 Å². The summed E-state index contributed by atoms with van der Waals surface area (Å²) < 4.78 is 5.42. The van der Waals surface area contributed by atoms with Gasteiger partial charge in [0.15, 0.2) is 0 Å². The predicted molar refractivity (Wildman–Crippen MR) is 77.4 cm³/mol. The molecule has 0 spiro atoms. The van der Waals surface area contributed by atoms with Crippen LogP contribution in [0.4, 0.5) is 5.95 Å². The van der Waals surface area contributed by atoms with Gasteiger partial charge in [-0.15, -0.1) is 0 Å². The van der Waals surface area contributed by atoms with Crippen molar-refractivity contribution in [3.8, 4) is 11.6 Å². The molecule has 104 valence electrons. The zero-order chi connectivity index (χ0) is 14.7. The summed E-state index contributed by atoms with van der Waals surface area (Å²) in [5.41, 5.74) is 0.258. The first-order valence-corrected chi connectivity index (χ1v) is 6.55. The van der Waals surface area contributed by atoms with Crippen LogP contribution in [0.15, 0.2) is 28.7 Å². The average molecular weight is 359 g/mol. The van der Waals surface area contributed by atoms with Crippen molar-refractivity contribution in [2.24, 2.45) is 0 Å². The Labute approximate surface area is 127 Å². The van der Waals surface area contributed by atoms with Crippen molar-refractivity contribution in [3.05, 3.63) is 39.5 Å². The van der Waals surface area contributed by atoms with Crippen molar-refractivity contribution < 1.29 is 14.6 Å². The maximum Gasteiger partial charge on any atom is 0.258 e. The largest absolute Gasteiger partial charge is 0.507 e. The maximum atomic E-state index is 12.0. The van der Waals surface area contributed by atoms with Crippen molar-refractivity contribution in [3.63, 3.8) is 0 Å². The predicted octanol–water partition coefficient (Wildman–Crippen LogP) is 2.86. The van der Waals surface area contributed by atoms with Gasteiger partial charge in [-0.05, 0) is 34.1 Å². The van der Waals surface area contributed by atoms with Crippen LogP contribution in [0.5, 0.6) is 11.6 Å². The van der Waals surface area contributed by atoms with Crippen LogP contribution < -0.4 is 10.1 Å². The minimum absolute atomic E-state index is 0.0155. The molecule has 0 unspecified atom stereocenters. The number of hydrogen-bond donors (Lipinski definition) is 2. The average Bonchev–Trinajstić information content (AvgIpc) is 2.41. The van der Waals surface area contributed by atoms with Crippen LogP contribution in [0.25, 0.3) is 0 Å². The molecular weight excluding hydrogens is 350 g/mol. The molecule has 2 rings (SSSR count). The Morgan fingerprint density at radius 2 is 2.15 bits per heavy atom. The number of carbonyl (C=O) groups is 1. The summed E-state index contributed by atoms with van der Waals surface area (Å²) in [6.45, 7) is 0. The number of nitrogens with one attached hydrogen (secondary N) is 1. The fourth-order valence-electron chi connectivity index (χ4n) is 1.39.